The van der Waals surface area contributed by atoms with Crippen molar-refractivity contribution in [3.05, 3.63) is 94.8 Å². The summed E-state index contributed by atoms with van der Waals surface area (Å²) in [6.45, 7) is 1.79. The first-order valence-corrected chi connectivity index (χ1v) is 17.3. The number of amides is 2. The summed E-state index contributed by atoms with van der Waals surface area (Å²) in [6.07, 6.45) is -7.60. The first kappa shape index (κ1) is 39.1. The van der Waals surface area contributed by atoms with Crippen LogP contribution >= 0.6 is 0 Å². The van der Waals surface area contributed by atoms with Crippen LogP contribution in [-0.2, 0) is 33.8 Å². The van der Waals surface area contributed by atoms with Crippen molar-refractivity contribution >= 4 is 17.8 Å². The van der Waals surface area contributed by atoms with E-state index in [-0.39, 0.29) is 70.3 Å². The van der Waals surface area contributed by atoms with E-state index in [1.807, 2.05) is 0 Å². The zero-order valence-corrected chi connectivity index (χ0v) is 28.8. The molecule has 2 saturated heterocycles. The number of nitriles is 1. The van der Waals surface area contributed by atoms with E-state index < -0.39 is 64.0 Å². The molecule has 9 nitrogen and oxygen atoms in total. The Morgan fingerprint density at radius 2 is 1.62 bits per heavy atom. The lowest BCUT2D eigenvalue weighted by atomic mass is 9.71. The maximum atomic E-state index is 14.9. The molecule has 2 fully saturated rings. The molecule has 2 atom stereocenters. The Morgan fingerprint density at radius 3 is 2.23 bits per heavy atom. The van der Waals surface area contributed by atoms with Gasteiger partial charge in [-0.15, -0.1) is 0 Å². The van der Waals surface area contributed by atoms with Crippen molar-refractivity contribution in [1.29, 1.82) is 5.26 Å². The highest BCUT2D eigenvalue weighted by Gasteiger charge is 2.56. The Bertz CT molecular complexity index is 1850. The number of ether oxygens (including phenoxy) is 1. The van der Waals surface area contributed by atoms with E-state index in [1.54, 1.807) is 31.2 Å². The van der Waals surface area contributed by atoms with Crippen LogP contribution in [0.15, 0.2) is 66.9 Å². The third-order valence-corrected chi connectivity index (χ3v) is 10.1. The molecule has 0 spiro atoms. The second-order valence-corrected chi connectivity index (χ2v) is 13.4. The standard InChI is InChI=1S/C38H38F6N4O5/c1-2-7-30-36(53-27-14-12-26(13-15-27)37(39,40)41,17-6-21-48(30)33(51)32-29(38(42,43)44)10-5-20-46-32)34(52)47-22-18-35(24-45,19-23-47)28-9-4-3-8-25(28)11-16-31(49)50/h3-5,8-10,12-15,20,30H,2,6-7,11,16-19,21-23H2,1H3,(H,49,50)/t30-,36+/m1/s1. The minimum Gasteiger partial charge on any atom is -0.481 e. The molecule has 282 valence electrons. The molecule has 3 aromatic rings. The molecule has 0 aliphatic carbocycles. The van der Waals surface area contributed by atoms with Crippen LogP contribution < -0.4 is 4.74 Å². The molecule has 0 saturated carbocycles. The SMILES string of the molecule is CCC[C@H]1N(C(=O)c2ncccc2C(F)(F)F)CCC[C@@]1(Oc1ccc(C(F)(F)F)cc1)C(=O)N1CCC(C#N)(c2ccccc2CCC(=O)O)CC1. The molecule has 15 heteroatoms. The number of carboxylic acid groups (broad SMARTS) is 1. The van der Waals surface area contributed by atoms with Gasteiger partial charge in [-0.05, 0) is 79.6 Å². The minimum absolute atomic E-state index is 0.00639. The number of aromatic nitrogens is 1. The molecule has 2 aliphatic heterocycles. The van der Waals surface area contributed by atoms with Gasteiger partial charge in [0.2, 0.25) is 5.60 Å². The predicted octanol–water partition coefficient (Wildman–Crippen LogP) is 7.44. The number of aryl methyl sites for hydroxylation is 1. The van der Waals surface area contributed by atoms with Gasteiger partial charge in [0.05, 0.1) is 28.7 Å². The topological polar surface area (TPSA) is 124 Å². The van der Waals surface area contributed by atoms with Crippen molar-refractivity contribution in [2.24, 2.45) is 0 Å². The van der Waals surface area contributed by atoms with Gasteiger partial charge in [-0.3, -0.25) is 19.4 Å². The molecule has 2 aromatic carbocycles. The Morgan fingerprint density at radius 1 is 0.943 bits per heavy atom. The molecule has 2 aliphatic rings. The summed E-state index contributed by atoms with van der Waals surface area (Å²) < 4.78 is 88.9. The van der Waals surface area contributed by atoms with Gasteiger partial charge in [-0.25, -0.2) is 0 Å². The van der Waals surface area contributed by atoms with E-state index in [1.165, 1.54) is 4.90 Å². The number of carbonyl (C=O) groups excluding carboxylic acids is 2. The number of carboxylic acids is 1. The molecule has 53 heavy (non-hydrogen) atoms. The zero-order chi connectivity index (χ0) is 38.6. The largest absolute Gasteiger partial charge is 0.481 e. The number of hydrogen-bond acceptors (Lipinski definition) is 6. The Labute approximate surface area is 302 Å². The lowest BCUT2D eigenvalue weighted by Crippen LogP contribution is -2.68. The molecule has 0 bridgehead atoms. The van der Waals surface area contributed by atoms with Gasteiger partial charge < -0.3 is 19.6 Å². The highest BCUT2D eigenvalue weighted by atomic mass is 19.4. The molecule has 0 radical (unpaired) electrons. The molecular weight excluding hydrogens is 706 g/mol. The second-order valence-electron chi connectivity index (χ2n) is 13.4. The highest BCUT2D eigenvalue weighted by Crippen LogP contribution is 2.43. The number of rotatable bonds is 10. The lowest BCUT2D eigenvalue weighted by Gasteiger charge is -2.51. The fourth-order valence-corrected chi connectivity index (χ4v) is 7.51. The van der Waals surface area contributed by atoms with E-state index in [2.05, 4.69) is 11.1 Å². The van der Waals surface area contributed by atoms with Gasteiger partial charge in [0.25, 0.3) is 11.8 Å². The van der Waals surface area contributed by atoms with Crippen LogP contribution in [0.1, 0.15) is 84.6 Å². The number of nitrogens with zero attached hydrogens (tertiary/aromatic N) is 4. The van der Waals surface area contributed by atoms with Crippen LogP contribution in [0.3, 0.4) is 0 Å². The molecule has 0 unspecified atom stereocenters. The van der Waals surface area contributed by atoms with Crippen molar-refractivity contribution in [3.8, 4) is 11.8 Å². The van der Waals surface area contributed by atoms with Crippen molar-refractivity contribution in [2.75, 3.05) is 19.6 Å². The van der Waals surface area contributed by atoms with Crippen molar-refractivity contribution < 1.29 is 50.6 Å². The third-order valence-electron chi connectivity index (χ3n) is 10.1. The van der Waals surface area contributed by atoms with Crippen LogP contribution in [0.5, 0.6) is 5.75 Å². The molecule has 2 amide bonds. The zero-order valence-electron chi connectivity index (χ0n) is 28.8. The van der Waals surface area contributed by atoms with Gasteiger partial charge in [0.1, 0.15) is 11.4 Å². The average molecular weight is 745 g/mol. The first-order chi connectivity index (χ1) is 25.1. The maximum absolute atomic E-state index is 14.9. The molecule has 3 heterocycles. The van der Waals surface area contributed by atoms with E-state index in [4.69, 9.17) is 4.74 Å². The number of aliphatic carboxylic acids is 1. The summed E-state index contributed by atoms with van der Waals surface area (Å²) in [7, 11) is 0. The van der Waals surface area contributed by atoms with Gasteiger partial charge in [-0.1, -0.05) is 37.6 Å². The lowest BCUT2D eigenvalue weighted by molar-refractivity contribution is -0.161. The molecular formula is C38H38F6N4O5. The molecule has 1 N–H and O–H groups in total. The van der Waals surface area contributed by atoms with Gasteiger partial charge >= 0.3 is 18.3 Å². The summed E-state index contributed by atoms with van der Waals surface area (Å²) in [6, 6.07) is 13.8. The molecule has 1 aromatic heterocycles. The number of halogens is 6. The summed E-state index contributed by atoms with van der Waals surface area (Å²) >= 11 is 0. The number of piperidine rings is 2. The Kier molecular flexibility index (Phi) is 11.4. The van der Waals surface area contributed by atoms with Crippen LogP contribution in [0.2, 0.25) is 0 Å². The maximum Gasteiger partial charge on any atom is 0.418 e. The molecule has 5 rings (SSSR count). The van der Waals surface area contributed by atoms with E-state index in [9.17, 15) is 51.1 Å². The number of hydrogen-bond donors (Lipinski definition) is 1. The van der Waals surface area contributed by atoms with Crippen LogP contribution in [-0.4, -0.2) is 69.0 Å². The number of alkyl halides is 6. The van der Waals surface area contributed by atoms with Crippen molar-refractivity contribution in [2.45, 2.75) is 87.7 Å². The van der Waals surface area contributed by atoms with Gasteiger partial charge in [0.15, 0.2) is 0 Å². The first-order valence-electron chi connectivity index (χ1n) is 17.3. The monoisotopic (exact) mass is 744 g/mol. The smallest absolute Gasteiger partial charge is 0.418 e. The average Bonchev–Trinajstić information content (AvgIpc) is 3.14. The van der Waals surface area contributed by atoms with E-state index >= 15 is 0 Å². The highest BCUT2D eigenvalue weighted by molar-refractivity contribution is 5.96. The Hall–Kier alpha value is -5.13. The minimum atomic E-state index is -4.91. The van der Waals surface area contributed by atoms with Gasteiger partial charge in [0, 0.05) is 38.7 Å². The second kappa shape index (κ2) is 15.5. The van der Waals surface area contributed by atoms with Gasteiger partial charge in [-0.2, -0.15) is 31.6 Å². The number of likely N-dealkylation sites (tertiary alicyclic amines) is 2. The third kappa shape index (κ3) is 8.11. The van der Waals surface area contributed by atoms with Crippen LogP contribution in [0.25, 0.3) is 0 Å². The Balaban J connectivity index is 1.54. The van der Waals surface area contributed by atoms with E-state index in [0.29, 0.717) is 17.5 Å². The van der Waals surface area contributed by atoms with Crippen molar-refractivity contribution in [3.63, 3.8) is 0 Å². The summed E-state index contributed by atoms with van der Waals surface area (Å²) in [4.78, 5) is 46.7. The number of carbonyl (C=O) groups is 3. The predicted molar refractivity (Wildman–Crippen MR) is 179 cm³/mol. The number of benzene rings is 2. The number of pyridine rings is 1. The van der Waals surface area contributed by atoms with Crippen LogP contribution in [0, 0.1) is 11.3 Å². The fraction of sp³-hybridized carbons (Fsp3) is 0.447. The quantitative estimate of drug-likeness (QED) is 0.214. The summed E-state index contributed by atoms with van der Waals surface area (Å²) in [5.74, 6) is -2.78. The summed E-state index contributed by atoms with van der Waals surface area (Å²) in [5, 5.41) is 19.8. The van der Waals surface area contributed by atoms with E-state index in [0.717, 1.165) is 47.5 Å². The summed E-state index contributed by atoms with van der Waals surface area (Å²) in [5.41, 5.74) is -4.72. The normalized spacial score (nSPS) is 20.4. The van der Waals surface area contributed by atoms with Crippen molar-refractivity contribution in [1.82, 2.24) is 14.8 Å². The van der Waals surface area contributed by atoms with Crippen LogP contribution in [0.4, 0.5) is 26.3 Å². The fourth-order valence-electron chi connectivity index (χ4n) is 7.51.